The first kappa shape index (κ1) is 20.9. The second-order valence-electron chi connectivity index (χ2n) is 6.87. The van der Waals surface area contributed by atoms with Crippen LogP contribution in [0.4, 0.5) is 15.8 Å². The number of halogens is 1. The van der Waals surface area contributed by atoms with Crippen LogP contribution >= 0.6 is 0 Å². The molecule has 32 heavy (non-hydrogen) atoms. The van der Waals surface area contributed by atoms with Gasteiger partial charge in [0.15, 0.2) is 11.5 Å². The average Bonchev–Trinajstić information content (AvgIpc) is 3.44. The van der Waals surface area contributed by atoms with Crippen LogP contribution in [0.5, 0.6) is 5.75 Å². The highest BCUT2D eigenvalue weighted by molar-refractivity contribution is 6.04. The molecule has 0 unspecified atom stereocenters. The van der Waals surface area contributed by atoms with E-state index in [2.05, 4.69) is 15.7 Å². The lowest BCUT2D eigenvalue weighted by Crippen LogP contribution is -2.13. The number of carbonyl (C=O) groups is 2. The molecule has 0 aliphatic carbocycles. The topological polar surface area (TPSA) is 98.4 Å². The summed E-state index contributed by atoms with van der Waals surface area (Å²) < 4.78 is 25.5. The minimum Gasteiger partial charge on any atom is -0.486 e. The molecule has 4 aromatic rings. The van der Waals surface area contributed by atoms with Crippen molar-refractivity contribution in [2.75, 3.05) is 10.6 Å². The van der Waals surface area contributed by atoms with Crippen molar-refractivity contribution in [2.24, 2.45) is 7.05 Å². The maximum Gasteiger partial charge on any atom is 0.291 e. The highest BCUT2D eigenvalue weighted by Gasteiger charge is 2.13. The Morgan fingerprint density at radius 3 is 2.22 bits per heavy atom. The number of ether oxygens (including phenoxy) is 1. The van der Waals surface area contributed by atoms with Crippen molar-refractivity contribution >= 4 is 23.2 Å². The summed E-state index contributed by atoms with van der Waals surface area (Å²) in [6, 6.07) is 17.1. The predicted octanol–water partition coefficient (Wildman–Crippen LogP) is 4.24. The molecule has 2 aromatic heterocycles. The Bertz CT molecular complexity index is 1230. The lowest BCUT2D eigenvalue weighted by Gasteiger charge is -2.06. The van der Waals surface area contributed by atoms with Crippen LogP contribution in [0, 0.1) is 5.82 Å². The van der Waals surface area contributed by atoms with Crippen LogP contribution in [-0.2, 0) is 13.7 Å². The normalized spacial score (nSPS) is 10.6. The Morgan fingerprint density at radius 2 is 1.59 bits per heavy atom. The smallest absolute Gasteiger partial charge is 0.291 e. The van der Waals surface area contributed by atoms with E-state index in [9.17, 15) is 14.0 Å². The van der Waals surface area contributed by atoms with Crippen LogP contribution in [-0.4, -0.2) is 21.6 Å². The van der Waals surface area contributed by atoms with Gasteiger partial charge in [-0.1, -0.05) is 0 Å². The van der Waals surface area contributed by atoms with Gasteiger partial charge in [-0.25, -0.2) is 4.39 Å². The number of hydrogen-bond acceptors (Lipinski definition) is 5. The van der Waals surface area contributed by atoms with E-state index in [1.807, 2.05) is 0 Å². The number of aryl methyl sites for hydroxylation is 1. The Labute approximate surface area is 182 Å². The number of amides is 2. The predicted molar refractivity (Wildman–Crippen MR) is 115 cm³/mol. The molecule has 0 spiro atoms. The maximum absolute atomic E-state index is 12.9. The summed E-state index contributed by atoms with van der Waals surface area (Å²) in [5.41, 5.74) is 1.41. The van der Waals surface area contributed by atoms with Crippen LogP contribution in [0.1, 0.15) is 26.8 Å². The molecule has 2 amide bonds. The van der Waals surface area contributed by atoms with Crippen LogP contribution in [0.2, 0.25) is 0 Å². The van der Waals surface area contributed by atoms with Crippen molar-refractivity contribution in [3.8, 4) is 5.75 Å². The molecule has 0 aliphatic heterocycles. The van der Waals surface area contributed by atoms with Gasteiger partial charge in [-0.2, -0.15) is 5.10 Å². The summed E-state index contributed by atoms with van der Waals surface area (Å²) in [6.07, 6.45) is 1.68. The van der Waals surface area contributed by atoms with E-state index in [-0.39, 0.29) is 24.1 Å². The zero-order valence-electron chi connectivity index (χ0n) is 17.0. The molecule has 4 rings (SSSR count). The van der Waals surface area contributed by atoms with Crippen molar-refractivity contribution in [2.45, 2.75) is 6.61 Å². The summed E-state index contributed by atoms with van der Waals surface area (Å²) in [5.74, 6) is -0.0408. The van der Waals surface area contributed by atoms with Crippen molar-refractivity contribution in [1.29, 1.82) is 0 Å². The molecule has 2 N–H and O–H groups in total. The van der Waals surface area contributed by atoms with Gasteiger partial charge in [0, 0.05) is 24.6 Å². The summed E-state index contributed by atoms with van der Waals surface area (Å²) in [5, 5.41) is 9.51. The van der Waals surface area contributed by atoms with E-state index in [0.29, 0.717) is 28.6 Å². The van der Waals surface area contributed by atoms with E-state index in [4.69, 9.17) is 9.15 Å². The third kappa shape index (κ3) is 5.20. The van der Waals surface area contributed by atoms with Gasteiger partial charge in [0.25, 0.3) is 11.8 Å². The first-order chi connectivity index (χ1) is 15.5. The highest BCUT2D eigenvalue weighted by Crippen LogP contribution is 2.18. The van der Waals surface area contributed by atoms with Crippen LogP contribution < -0.4 is 15.4 Å². The molecule has 0 aliphatic rings. The van der Waals surface area contributed by atoms with Crippen molar-refractivity contribution < 1.29 is 23.1 Å². The molecular weight excluding hydrogens is 415 g/mol. The number of furan rings is 1. The number of nitrogens with zero attached hydrogens (tertiary/aromatic N) is 2. The number of benzene rings is 2. The number of aromatic nitrogens is 2. The maximum atomic E-state index is 12.9. The fraction of sp³-hybridized carbons (Fsp3) is 0.0870. The van der Waals surface area contributed by atoms with Gasteiger partial charge >= 0.3 is 0 Å². The molecule has 0 saturated carbocycles. The number of carbonyl (C=O) groups excluding carboxylic acids is 2. The number of anilines is 2. The Kier molecular flexibility index (Phi) is 5.98. The average molecular weight is 434 g/mol. The molecule has 2 aromatic carbocycles. The molecule has 8 nitrogen and oxygen atoms in total. The lowest BCUT2D eigenvalue weighted by atomic mass is 10.2. The minimum absolute atomic E-state index is 0.101. The van der Waals surface area contributed by atoms with Crippen molar-refractivity contribution in [3.05, 3.63) is 96.0 Å². The van der Waals surface area contributed by atoms with Gasteiger partial charge in [0.1, 0.15) is 23.9 Å². The van der Waals surface area contributed by atoms with Crippen molar-refractivity contribution in [3.63, 3.8) is 0 Å². The fourth-order valence-electron chi connectivity index (χ4n) is 2.82. The summed E-state index contributed by atoms with van der Waals surface area (Å²) in [7, 11) is 1.73. The van der Waals surface area contributed by atoms with E-state index < -0.39 is 5.91 Å². The molecule has 0 bridgehead atoms. The molecular formula is C23H19FN4O4. The Hall–Kier alpha value is -4.40. The first-order valence-corrected chi connectivity index (χ1v) is 9.66. The van der Waals surface area contributed by atoms with E-state index in [1.54, 1.807) is 60.4 Å². The molecule has 0 atom stereocenters. The number of rotatable bonds is 7. The van der Waals surface area contributed by atoms with Gasteiger partial charge in [0.05, 0.1) is 0 Å². The molecule has 0 saturated heterocycles. The minimum atomic E-state index is -0.427. The zero-order chi connectivity index (χ0) is 22.5. The van der Waals surface area contributed by atoms with Gasteiger partial charge in [0.2, 0.25) is 0 Å². The molecule has 2 heterocycles. The standard InChI is InChI=1S/C23H19FN4O4/c1-28-13-12-20(27-28)22(29)25-16-4-6-17(7-5-16)26-23(30)21-11-10-19(32-21)14-31-18-8-2-15(24)3-9-18/h2-13H,14H2,1H3,(H,25,29)(H,26,30). The van der Waals surface area contributed by atoms with Gasteiger partial charge < -0.3 is 19.8 Å². The summed E-state index contributed by atoms with van der Waals surface area (Å²) >= 11 is 0. The van der Waals surface area contributed by atoms with E-state index >= 15 is 0 Å². The van der Waals surface area contributed by atoms with Crippen LogP contribution in [0.3, 0.4) is 0 Å². The van der Waals surface area contributed by atoms with Crippen molar-refractivity contribution in [1.82, 2.24) is 9.78 Å². The zero-order valence-corrected chi connectivity index (χ0v) is 17.0. The fourth-order valence-corrected chi connectivity index (χ4v) is 2.82. The largest absolute Gasteiger partial charge is 0.486 e. The second kappa shape index (κ2) is 9.17. The number of hydrogen-bond donors (Lipinski definition) is 2. The van der Waals surface area contributed by atoms with E-state index in [1.165, 1.54) is 24.3 Å². The SMILES string of the molecule is Cn1ccc(C(=O)Nc2ccc(NC(=O)c3ccc(COc4ccc(F)cc4)o3)cc2)n1. The molecule has 162 valence electrons. The van der Waals surface area contributed by atoms with Gasteiger partial charge in [-0.3, -0.25) is 14.3 Å². The Balaban J connectivity index is 1.30. The lowest BCUT2D eigenvalue weighted by molar-refractivity contribution is 0.0990. The molecule has 0 radical (unpaired) electrons. The first-order valence-electron chi connectivity index (χ1n) is 9.66. The van der Waals surface area contributed by atoms with Crippen LogP contribution in [0.15, 0.2) is 77.3 Å². The monoisotopic (exact) mass is 434 g/mol. The second-order valence-corrected chi connectivity index (χ2v) is 6.87. The summed E-state index contributed by atoms with van der Waals surface area (Å²) in [4.78, 5) is 24.6. The van der Waals surface area contributed by atoms with Gasteiger partial charge in [-0.05, 0) is 66.7 Å². The highest BCUT2D eigenvalue weighted by atomic mass is 19.1. The quantitative estimate of drug-likeness (QED) is 0.453. The van der Waals surface area contributed by atoms with E-state index in [0.717, 1.165) is 0 Å². The number of nitrogens with one attached hydrogen (secondary N) is 2. The molecule has 0 fully saturated rings. The summed E-state index contributed by atoms with van der Waals surface area (Å²) in [6.45, 7) is 0.101. The third-order valence-electron chi connectivity index (χ3n) is 4.43. The molecule has 9 heteroatoms. The van der Waals surface area contributed by atoms with Gasteiger partial charge in [-0.15, -0.1) is 0 Å². The van der Waals surface area contributed by atoms with Crippen LogP contribution in [0.25, 0.3) is 0 Å². The Morgan fingerprint density at radius 1 is 0.938 bits per heavy atom. The third-order valence-corrected chi connectivity index (χ3v) is 4.43.